The molecule has 21 heavy (non-hydrogen) atoms. The number of anilines is 2. The van der Waals surface area contributed by atoms with Gasteiger partial charge in [-0.05, 0) is 46.9 Å². The van der Waals surface area contributed by atoms with E-state index >= 15 is 0 Å². The fourth-order valence-corrected chi connectivity index (χ4v) is 2.87. The zero-order valence-corrected chi connectivity index (χ0v) is 14.0. The van der Waals surface area contributed by atoms with Gasteiger partial charge in [0.05, 0.1) is 16.8 Å². The third-order valence-electron chi connectivity index (χ3n) is 3.13. The number of hydrogen-bond donors (Lipinski definition) is 2. The summed E-state index contributed by atoms with van der Waals surface area (Å²) in [5, 5.41) is 4.43. The quantitative estimate of drug-likeness (QED) is 0.506. The van der Waals surface area contributed by atoms with E-state index in [9.17, 15) is 0 Å². The number of nitrogens with two attached hydrogens (primary N) is 1. The molecule has 3 rings (SSSR count). The maximum Gasteiger partial charge on any atom is 0.107 e. The van der Waals surface area contributed by atoms with Crippen LogP contribution >= 0.6 is 34.8 Å². The molecule has 1 heterocycles. The molecule has 0 bridgehead atoms. The van der Waals surface area contributed by atoms with Crippen LogP contribution in [0.1, 0.15) is 5.56 Å². The summed E-state index contributed by atoms with van der Waals surface area (Å²) in [6.07, 6.45) is 1.72. The van der Waals surface area contributed by atoms with Crippen molar-refractivity contribution >= 4 is 62.1 Å². The first kappa shape index (κ1) is 14.2. The van der Waals surface area contributed by atoms with E-state index in [2.05, 4.69) is 39.0 Å². The highest BCUT2D eigenvalue weighted by molar-refractivity contribution is 14.1. The van der Waals surface area contributed by atoms with Gasteiger partial charge in [0.25, 0.3) is 0 Å². The van der Waals surface area contributed by atoms with E-state index in [0.717, 1.165) is 31.4 Å². The van der Waals surface area contributed by atoms with Crippen molar-refractivity contribution in [3.63, 3.8) is 0 Å². The lowest BCUT2D eigenvalue weighted by Crippen LogP contribution is -2.13. The number of hydrogen-bond acceptors (Lipinski definition) is 3. The van der Waals surface area contributed by atoms with Crippen molar-refractivity contribution < 1.29 is 0 Å². The summed E-state index contributed by atoms with van der Waals surface area (Å²) in [5.41, 5.74) is 9.39. The van der Waals surface area contributed by atoms with Gasteiger partial charge in [-0.3, -0.25) is 4.98 Å². The lowest BCUT2D eigenvalue weighted by atomic mass is 10.1. The number of para-hydroxylation sites is 1. The Balaban J connectivity index is 2.18. The van der Waals surface area contributed by atoms with Gasteiger partial charge in [0, 0.05) is 20.8 Å². The van der Waals surface area contributed by atoms with Crippen LogP contribution in [0.25, 0.3) is 10.9 Å². The van der Waals surface area contributed by atoms with E-state index in [-0.39, 0.29) is 0 Å². The first-order valence-corrected chi connectivity index (χ1v) is 7.84. The smallest absolute Gasteiger partial charge is 0.107 e. The van der Waals surface area contributed by atoms with Gasteiger partial charge < -0.3 is 11.1 Å². The molecular weight excluding hydrogens is 393 g/mol. The second kappa shape index (κ2) is 5.95. The first-order chi connectivity index (χ1) is 10.1. The summed E-state index contributed by atoms with van der Waals surface area (Å²) in [7, 11) is 0. The minimum absolute atomic E-state index is 0.335. The number of nitrogens with one attached hydrogen (secondary N) is 1. The molecule has 5 heteroatoms. The molecular formula is C16H12IN3S. The highest BCUT2D eigenvalue weighted by Gasteiger charge is 2.11. The summed E-state index contributed by atoms with van der Waals surface area (Å²) in [4.78, 5) is 4.75. The van der Waals surface area contributed by atoms with Crippen LogP contribution < -0.4 is 11.1 Å². The van der Waals surface area contributed by atoms with E-state index in [1.54, 1.807) is 6.20 Å². The molecule has 0 spiro atoms. The average molecular weight is 405 g/mol. The Morgan fingerprint density at radius 1 is 1.14 bits per heavy atom. The number of rotatable bonds is 3. The molecule has 0 fully saturated rings. The number of aromatic nitrogens is 1. The molecule has 3 aromatic rings. The second-order valence-corrected chi connectivity index (χ2v) is 6.25. The number of thiocarbonyl (C=S) groups is 1. The third kappa shape index (κ3) is 2.98. The Bertz CT molecular complexity index is 833. The maximum absolute atomic E-state index is 5.84. The number of nitrogens with zero attached hydrogens (tertiary/aromatic N) is 1. The molecule has 0 radical (unpaired) electrons. The molecule has 0 aliphatic carbocycles. The van der Waals surface area contributed by atoms with Gasteiger partial charge in [-0.15, -0.1) is 0 Å². The van der Waals surface area contributed by atoms with Crippen LogP contribution in [-0.4, -0.2) is 9.97 Å². The van der Waals surface area contributed by atoms with Gasteiger partial charge >= 0.3 is 0 Å². The van der Waals surface area contributed by atoms with Gasteiger partial charge in [-0.2, -0.15) is 0 Å². The molecule has 1 aromatic heterocycles. The van der Waals surface area contributed by atoms with Crippen LogP contribution in [0.5, 0.6) is 0 Å². The van der Waals surface area contributed by atoms with E-state index in [4.69, 9.17) is 18.0 Å². The molecule has 3 nitrogen and oxygen atoms in total. The lowest BCUT2D eigenvalue weighted by Gasteiger charge is -2.14. The summed E-state index contributed by atoms with van der Waals surface area (Å²) >= 11 is 7.44. The number of benzene rings is 2. The van der Waals surface area contributed by atoms with Crippen molar-refractivity contribution in [1.29, 1.82) is 0 Å². The largest absolute Gasteiger partial charge is 0.389 e. The van der Waals surface area contributed by atoms with Gasteiger partial charge in [-0.1, -0.05) is 36.5 Å². The molecule has 0 amide bonds. The fourth-order valence-electron chi connectivity index (χ4n) is 2.17. The van der Waals surface area contributed by atoms with Crippen molar-refractivity contribution in [2.24, 2.45) is 5.73 Å². The Hall–Kier alpha value is -1.73. The molecule has 0 unspecified atom stereocenters. The van der Waals surface area contributed by atoms with Crippen LogP contribution in [0.4, 0.5) is 11.4 Å². The molecule has 0 aliphatic rings. The Morgan fingerprint density at radius 3 is 2.71 bits per heavy atom. The standard InChI is InChI=1S/C16H12IN3S/c17-10-4-3-5-11(8-10)20-15-12-6-1-2-7-14(12)19-9-13(15)16(18)21/h1-9H,(H2,18,21)(H,19,20). The molecule has 0 saturated carbocycles. The molecule has 0 atom stereocenters. The minimum Gasteiger partial charge on any atom is -0.389 e. The summed E-state index contributed by atoms with van der Waals surface area (Å²) < 4.78 is 1.16. The zero-order chi connectivity index (χ0) is 14.8. The Labute approximate surface area is 141 Å². The first-order valence-electron chi connectivity index (χ1n) is 6.35. The topological polar surface area (TPSA) is 50.9 Å². The molecule has 2 aromatic carbocycles. The van der Waals surface area contributed by atoms with Crippen LogP contribution in [0.2, 0.25) is 0 Å². The summed E-state index contributed by atoms with van der Waals surface area (Å²) in [6, 6.07) is 16.1. The molecule has 0 saturated heterocycles. The SMILES string of the molecule is NC(=S)c1cnc2ccccc2c1Nc1cccc(I)c1. The van der Waals surface area contributed by atoms with Crippen LogP contribution in [0.15, 0.2) is 54.7 Å². The van der Waals surface area contributed by atoms with Gasteiger partial charge in [0.1, 0.15) is 4.99 Å². The average Bonchev–Trinajstić information content (AvgIpc) is 2.47. The van der Waals surface area contributed by atoms with Crippen molar-refractivity contribution in [1.82, 2.24) is 4.98 Å². The van der Waals surface area contributed by atoms with E-state index < -0.39 is 0 Å². The normalized spacial score (nSPS) is 10.5. The number of fused-ring (bicyclic) bond motifs is 1. The summed E-state index contributed by atoms with van der Waals surface area (Å²) in [6.45, 7) is 0. The van der Waals surface area contributed by atoms with Crippen molar-refractivity contribution in [3.05, 3.63) is 63.9 Å². The van der Waals surface area contributed by atoms with Crippen molar-refractivity contribution in [2.75, 3.05) is 5.32 Å². The highest BCUT2D eigenvalue weighted by Crippen LogP contribution is 2.29. The van der Waals surface area contributed by atoms with Crippen LogP contribution in [0, 0.1) is 3.57 Å². The van der Waals surface area contributed by atoms with Crippen LogP contribution in [-0.2, 0) is 0 Å². The zero-order valence-electron chi connectivity index (χ0n) is 11.0. The monoisotopic (exact) mass is 405 g/mol. The summed E-state index contributed by atoms with van der Waals surface area (Å²) in [5.74, 6) is 0. The Morgan fingerprint density at radius 2 is 1.95 bits per heavy atom. The maximum atomic E-state index is 5.84. The van der Waals surface area contributed by atoms with E-state index in [1.165, 1.54) is 0 Å². The van der Waals surface area contributed by atoms with Crippen molar-refractivity contribution in [2.45, 2.75) is 0 Å². The highest BCUT2D eigenvalue weighted by atomic mass is 127. The van der Waals surface area contributed by atoms with Gasteiger partial charge in [0.15, 0.2) is 0 Å². The minimum atomic E-state index is 0.335. The second-order valence-electron chi connectivity index (χ2n) is 4.56. The predicted molar refractivity (Wildman–Crippen MR) is 100 cm³/mol. The predicted octanol–water partition coefficient (Wildman–Crippen LogP) is 4.22. The van der Waals surface area contributed by atoms with Crippen LogP contribution in [0.3, 0.4) is 0 Å². The Kier molecular flexibility index (Phi) is 4.03. The fraction of sp³-hybridized carbons (Fsp3) is 0. The van der Waals surface area contributed by atoms with Gasteiger partial charge in [0.2, 0.25) is 0 Å². The van der Waals surface area contributed by atoms with Crippen molar-refractivity contribution in [3.8, 4) is 0 Å². The molecule has 104 valence electrons. The number of pyridine rings is 1. The third-order valence-corrected chi connectivity index (χ3v) is 4.03. The van der Waals surface area contributed by atoms with E-state index in [1.807, 2.05) is 42.5 Å². The number of halogens is 1. The lowest BCUT2D eigenvalue weighted by molar-refractivity contribution is 1.38. The molecule has 0 aliphatic heterocycles. The van der Waals surface area contributed by atoms with Gasteiger partial charge in [-0.25, -0.2) is 0 Å². The molecule has 3 N–H and O–H groups in total. The van der Waals surface area contributed by atoms with E-state index in [0.29, 0.717) is 4.99 Å².